The van der Waals surface area contributed by atoms with Gasteiger partial charge in [-0.25, -0.2) is 4.98 Å². The molecule has 9 heteroatoms. The predicted octanol–water partition coefficient (Wildman–Crippen LogP) is 3.68. The van der Waals surface area contributed by atoms with Gasteiger partial charge in [0.25, 0.3) is 0 Å². The van der Waals surface area contributed by atoms with E-state index >= 15 is 0 Å². The van der Waals surface area contributed by atoms with Crippen molar-refractivity contribution >= 4 is 44.9 Å². The third kappa shape index (κ3) is 3.15. The highest BCUT2D eigenvalue weighted by atomic mass is 79.9. The Bertz CT molecular complexity index is 655. The second kappa shape index (κ2) is 5.45. The minimum Gasteiger partial charge on any atom is -0.324 e. The number of anilines is 2. The average molecular weight is 348 g/mol. The molecule has 98 valence electrons. The lowest BCUT2D eigenvalue weighted by molar-refractivity contribution is -0.387. The van der Waals surface area contributed by atoms with Crippen molar-refractivity contribution in [2.24, 2.45) is 0 Å². The van der Waals surface area contributed by atoms with Crippen molar-refractivity contribution in [3.63, 3.8) is 0 Å². The van der Waals surface area contributed by atoms with E-state index in [4.69, 9.17) is 11.6 Å². The Morgan fingerprint density at radius 2 is 2.21 bits per heavy atom. The van der Waals surface area contributed by atoms with Gasteiger partial charge in [0.1, 0.15) is 5.15 Å². The fourth-order valence-electron chi connectivity index (χ4n) is 1.27. The molecule has 0 aliphatic heterocycles. The Morgan fingerprint density at radius 3 is 2.84 bits per heavy atom. The second-order valence-corrected chi connectivity index (χ2v) is 4.59. The van der Waals surface area contributed by atoms with Crippen LogP contribution in [0, 0.1) is 15.9 Å². The zero-order valence-electron chi connectivity index (χ0n) is 9.10. The van der Waals surface area contributed by atoms with Crippen LogP contribution in [0.1, 0.15) is 0 Å². The van der Waals surface area contributed by atoms with E-state index in [2.05, 4.69) is 31.2 Å². The maximum absolute atomic E-state index is 13.1. The predicted molar refractivity (Wildman–Crippen MR) is 71.1 cm³/mol. The molecule has 0 aliphatic carbocycles. The summed E-state index contributed by atoms with van der Waals surface area (Å²) < 4.78 is 13.7. The molecule has 0 aliphatic rings. The first-order valence-electron chi connectivity index (χ1n) is 4.86. The summed E-state index contributed by atoms with van der Waals surface area (Å²) in [6.07, 6.45) is 1.43. The molecule has 2 aromatic rings. The summed E-state index contributed by atoms with van der Waals surface area (Å²) in [6.45, 7) is 0. The van der Waals surface area contributed by atoms with Crippen molar-refractivity contribution in [1.82, 2.24) is 9.97 Å². The number of benzene rings is 1. The third-order valence-corrected chi connectivity index (χ3v) is 3.20. The lowest BCUT2D eigenvalue weighted by atomic mass is 10.2. The number of aromatic nitrogens is 2. The Morgan fingerprint density at radius 1 is 1.47 bits per heavy atom. The molecular weight excluding hydrogens is 342 g/mol. The second-order valence-electron chi connectivity index (χ2n) is 3.38. The molecule has 0 bridgehead atoms. The average Bonchev–Trinajstić information content (AvgIpc) is 2.36. The number of rotatable bonds is 3. The van der Waals surface area contributed by atoms with E-state index in [0.717, 1.165) is 12.1 Å². The molecule has 0 radical (unpaired) electrons. The summed E-state index contributed by atoms with van der Waals surface area (Å²) in [6, 6.07) is 3.37. The molecule has 0 unspecified atom stereocenters. The van der Waals surface area contributed by atoms with Crippen molar-refractivity contribution < 1.29 is 9.31 Å². The Hall–Kier alpha value is -1.80. The highest BCUT2D eigenvalue weighted by molar-refractivity contribution is 9.10. The molecule has 1 aromatic carbocycles. The molecule has 1 heterocycles. The highest BCUT2D eigenvalue weighted by Crippen LogP contribution is 2.25. The van der Waals surface area contributed by atoms with Crippen LogP contribution in [0.5, 0.6) is 0 Å². The summed E-state index contributed by atoms with van der Waals surface area (Å²) in [7, 11) is 0. The molecule has 0 amide bonds. The SMILES string of the molecule is O=[N+]([O-])c1cc(Nc2ncc(Br)c(Cl)n2)ccc1F. The van der Waals surface area contributed by atoms with Gasteiger partial charge in [-0.05, 0) is 28.1 Å². The molecule has 0 fully saturated rings. The molecule has 19 heavy (non-hydrogen) atoms. The fraction of sp³-hybridized carbons (Fsp3) is 0. The van der Waals surface area contributed by atoms with Crippen molar-refractivity contribution in [2.75, 3.05) is 5.32 Å². The van der Waals surface area contributed by atoms with E-state index in [1.54, 1.807) is 0 Å². The molecule has 1 N–H and O–H groups in total. The summed E-state index contributed by atoms with van der Waals surface area (Å²) in [5.74, 6) is -0.764. The van der Waals surface area contributed by atoms with Crippen LogP contribution in [0.25, 0.3) is 0 Å². The summed E-state index contributed by atoms with van der Waals surface area (Å²) in [4.78, 5) is 17.6. The van der Waals surface area contributed by atoms with Gasteiger partial charge in [-0.2, -0.15) is 9.37 Å². The lowest BCUT2D eigenvalue weighted by Crippen LogP contribution is -1.99. The van der Waals surface area contributed by atoms with Crippen LogP contribution in [0.3, 0.4) is 0 Å². The molecule has 2 rings (SSSR count). The van der Waals surface area contributed by atoms with Crippen molar-refractivity contribution in [2.45, 2.75) is 0 Å². The Balaban J connectivity index is 2.30. The minimum absolute atomic E-state index is 0.147. The molecule has 0 saturated carbocycles. The lowest BCUT2D eigenvalue weighted by Gasteiger charge is -2.05. The quantitative estimate of drug-likeness (QED) is 0.520. The number of nitrogens with one attached hydrogen (secondary N) is 1. The molecule has 0 atom stereocenters. The number of nitro groups is 1. The van der Waals surface area contributed by atoms with E-state index in [-0.39, 0.29) is 16.8 Å². The van der Waals surface area contributed by atoms with Crippen molar-refractivity contribution in [3.05, 3.63) is 50.0 Å². The first-order valence-corrected chi connectivity index (χ1v) is 6.03. The van der Waals surface area contributed by atoms with Gasteiger partial charge in [-0.3, -0.25) is 10.1 Å². The first kappa shape index (κ1) is 13.6. The van der Waals surface area contributed by atoms with Gasteiger partial charge in [0.15, 0.2) is 0 Å². The van der Waals surface area contributed by atoms with Crippen LogP contribution in [0.4, 0.5) is 21.7 Å². The van der Waals surface area contributed by atoms with E-state index in [1.165, 1.54) is 12.3 Å². The highest BCUT2D eigenvalue weighted by Gasteiger charge is 2.14. The van der Waals surface area contributed by atoms with Crippen LogP contribution < -0.4 is 5.32 Å². The van der Waals surface area contributed by atoms with Crippen molar-refractivity contribution in [3.8, 4) is 0 Å². The van der Waals surface area contributed by atoms with Gasteiger partial charge in [-0.1, -0.05) is 11.6 Å². The van der Waals surface area contributed by atoms with Gasteiger partial charge in [-0.15, -0.1) is 0 Å². The van der Waals surface area contributed by atoms with E-state index in [0.29, 0.717) is 4.47 Å². The van der Waals surface area contributed by atoms with Crippen LogP contribution in [-0.4, -0.2) is 14.9 Å². The monoisotopic (exact) mass is 346 g/mol. The summed E-state index contributed by atoms with van der Waals surface area (Å²) >= 11 is 8.91. The molecule has 0 saturated heterocycles. The number of nitro benzene ring substituents is 1. The van der Waals surface area contributed by atoms with Crippen LogP contribution >= 0.6 is 27.5 Å². The Kier molecular flexibility index (Phi) is 3.91. The zero-order chi connectivity index (χ0) is 14.0. The van der Waals surface area contributed by atoms with Crippen molar-refractivity contribution in [1.29, 1.82) is 0 Å². The van der Waals surface area contributed by atoms with Gasteiger partial charge >= 0.3 is 5.69 Å². The number of nitrogens with zero attached hydrogens (tertiary/aromatic N) is 3. The maximum Gasteiger partial charge on any atom is 0.306 e. The fourth-order valence-corrected chi connectivity index (χ4v) is 1.59. The Labute approximate surface area is 119 Å². The summed E-state index contributed by atoms with van der Waals surface area (Å²) in [5, 5.41) is 13.5. The number of halogens is 3. The van der Waals surface area contributed by atoms with Gasteiger partial charge in [0.2, 0.25) is 11.8 Å². The minimum atomic E-state index is -0.912. The van der Waals surface area contributed by atoms with E-state index in [1.807, 2.05) is 0 Å². The zero-order valence-corrected chi connectivity index (χ0v) is 11.4. The first-order chi connectivity index (χ1) is 8.97. The standard InChI is InChI=1S/C10H5BrClFN4O2/c11-6-4-14-10(16-9(6)12)15-5-1-2-7(13)8(3-5)17(18)19/h1-4H,(H,14,15,16). The summed E-state index contributed by atoms with van der Waals surface area (Å²) in [5.41, 5.74) is -0.348. The molecule has 6 nitrogen and oxygen atoms in total. The normalized spacial score (nSPS) is 10.3. The van der Waals surface area contributed by atoms with Crippen LogP contribution in [-0.2, 0) is 0 Å². The smallest absolute Gasteiger partial charge is 0.306 e. The maximum atomic E-state index is 13.1. The molecular formula is C10H5BrClFN4O2. The van der Waals surface area contributed by atoms with E-state index in [9.17, 15) is 14.5 Å². The van der Waals surface area contributed by atoms with Gasteiger partial charge in [0, 0.05) is 18.0 Å². The van der Waals surface area contributed by atoms with E-state index < -0.39 is 16.4 Å². The molecule has 0 spiro atoms. The largest absolute Gasteiger partial charge is 0.324 e. The third-order valence-electron chi connectivity index (χ3n) is 2.10. The van der Waals surface area contributed by atoms with Gasteiger partial charge < -0.3 is 5.32 Å². The number of hydrogen-bond donors (Lipinski definition) is 1. The topological polar surface area (TPSA) is 81.0 Å². The van der Waals surface area contributed by atoms with Crippen LogP contribution in [0.2, 0.25) is 5.15 Å². The number of hydrogen-bond acceptors (Lipinski definition) is 5. The van der Waals surface area contributed by atoms with Gasteiger partial charge in [0.05, 0.1) is 9.40 Å². The van der Waals surface area contributed by atoms with Crippen LogP contribution in [0.15, 0.2) is 28.9 Å². The molecule has 1 aromatic heterocycles.